The normalized spacial score (nSPS) is 12.0. The van der Waals surface area contributed by atoms with Crippen LogP contribution in [0.2, 0.25) is 0 Å². The Kier molecular flexibility index (Phi) is 2.80. The van der Waals surface area contributed by atoms with Crippen LogP contribution in [0.5, 0.6) is 5.75 Å². The van der Waals surface area contributed by atoms with Crippen LogP contribution in [0.25, 0.3) is 10.9 Å². The van der Waals surface area contributed by atoms with Crippen LogP contribution < -0.4 is 5.56 Å². The number of alkyl halides is 3. The number of nitrogens with one attached hydrogen (secondary N) is 1. The second-order valence-corrected chi connectivity index (χ2v) is 3.86. The number of benzene rings is 1. The number of fused-ring (bicyclic) bond motifs is 1. The smallest absolute Gasteiger partial charge is 0.418 e. The van der Waals surface area contributed by atoms with Crippen molar-refractivity contribution in [2.45, 2.75) is 19.5 Å². The summed E-state index contributed by atoms with van der Waals surface area (Å²) in [5.41, 5.74) is -1.96. The number of aromatic hydroxyl groups is 1. The third kappa shape index (κ3) is 1.83. The standard InChI is InChI=1S/C12H10F3NO2/c1-2-6-10(17)7-4-3-5-8(12(13,14)15)9(7)16-11(6)18/h3-5H,2H2,1H3,(H2,16,17,18). The largest absolute Gasteiger partial charge is 0.507 e. The highest BCUT2D eigenvalue weighted by atomic mass is 19.4. The molecule has 1 heterocycles. The fourth-order valence-corrected chi connectivity index (χ4v) is 1.91. The first-order valence-corrected chi connectivity index (χ1v) is 5.30. The summed E-state index contributed by atoms with van der Waals surface area (Å²) in [5, 5.41) is 9.83. The Hall–Kier alpha value is -1.98. The summed E-state index contributed by atoms with van der Waals surface area (Å²) < 4.78 is 38.3. The van der Waals surface area contributed by atoms with Crippen LogP contribution >= 0.6 is 0 Å². The lowest BCUT2D eigenvalue weighted by Gasteiger charge is -2.12. The van der Waals surface area contributed by atoms with Crippen LogP contribution in [0.3, 0.4) is 0 Å². The number of hydrogen-bond acceptors (Lipinski definition) is 2. The van der Waals surface area contributed by atoms with Gasteiger partial charge in [-0.25, -0.2) is 0 Å². The lowest BCUT2D eigenvalue weighted by atomic mass is 10.1. The molecular formula is C12H10F3NO2. The van der Waals surface area contributed by atoms with Gasteiger partial charge in [0, 0.05) is 5.39 Å². The molecule has 2 rings (SSSR count). The van der Waals surface area contributed by atoms with E-state index in [4.69, 9.17) is 0 Å². The van der Waals surface area contributed by atoms with E-state index in [9.17, 15) is 23.1 Å². The van der Waals surface area contributed by atoms with Gasteiger partial charge in [-0.1, -0.05) is 13.0 Å². The minimum atomic E-state index is -4.58. The zero-order valence-corrected chi connectivity index (χ0v) is 9.43. The molecule has 6 heteroatoms. The summed E-state index contributed by atoms with van der Waals surface area (Å²) in [6.45, 7) is 1.64. The Morgan fingerprint density at radius 2 is 2.00 bits per heavy atom. The lowest BCUT2D eigenvalue weighted by Crippen LogP contribution is -2.15. The van der Waals surface area contributed by atoms with Gasteiger partial charge in [-0.2, -0.15) is 13.2 Å². The molecule has 0 aliphatic heterocycles. The molecule has 2 N–H and O–H groups in total. The summed E-state index contributed by atoms with van der Waals surface area (Å²) in [7, 11) is 0. The molecule has 0 aliphatic rings. The fraction of sp³-hybridized carbons (Fsp3) is 0.250. The topological polar surface area (TPSA) is 53.1 Å². The van der Waals surface area contributed by atoms with Crippen LogP contribution in [-0.4, -0.2) is 10.1 Å². The average molecular weight is 257 g/mol. The van der Waals surface area contributed by atoms with E-state index >= 15 is 0 Å². The van der Waals surface area contributed by atoms with Crippen molar-refractivity contribution < 1.29 is 18.3 Å². The average Bonchev–Trinajstić information content (AvgIpc) is 2.27. The second-order valence-electron chi connectivity index (χ2n) is 3.86. The molecule has 0 unspecified atom stereocenters. The summed E-state index contributed by atoms with van der Waals surface area (Å²) >= 11 is 0. The Morgan fingerprint density at radius 1 is 1.33 bits per heavy atom. The number of aromatic amines is 1. The van der Waals surface area contributed by atoms with Gasteiger partial charge in [-0.05, 0) is 18.6 Å². The first kappa shape index (κ1) is 12.5. The lowest BCUT2D eigenvalue weighted by molar-refractivity contribution is -0.136. The minimum absolute atomic E-state index is 0.00118. The highest BCUT2D eigenvalue weighted by molar-refractivity contribution is 5.88. The second kappa shape index (κ2) is 4.04. The van der Waals surface area contributed by atoms with Crippen molar-refractivity contribution >= 4 is 10.9 Å². The zero-order valence-electron chi connectivity index (χ0n) is 9.43. The van der Waals surface area contributed by atoms with E-state index in [0.29, 0.717) is 0 Å². The molecule has 0 bridgehead atoms. The Morgan fingerprint density at radius 3 is 2.56 bits per heavy atom. The van der Waals surface area contributed by atoms with Crippen LogP contribution in [0.4, 0.5) is 13.2 Å². The van der Waals surface area contributed by atoms with Crippen molar-refractivity contribution in [1.29, 1.82) is 0 Å². The van der Waals surface area contributed by atoms with Gasteiger partial charge in [-0.3, -0.25) is 4.79 Å². The van der Waals surface area contributed by atoms with Gasteiger partial charge in [0.25, 0.3) is 5.56 Å². The van der Waals surface area contributed by atoms with Gasteiger partial charge >= 0.3 is 6.18 Å². The third-order valence-electron chi connectivity index (χ3n) is 2.78. The first-order chi connectivity index (χ1) is 8.36. The van der Waals surface area contributed by atoms with E-state index in [-0.39, 0.29) is 28.6 Å². The highest BCUT2D eigenvalue weighted by Gasteiger charge is 2.33. The van der Waals surface area contributed by atoms with Crippen LogP contribution in [0.15, 0.2) is 23.0 Å². The summed E-state index contributed by atoms with van der Waals surface area (Å²) in [6, 6.07) is 3.40. The van der Waals surface area contributed by atoms with Crippen LogP contribution in [0, 0.1) is 0 Å². The maximum atomic E-state index is 12.8. The maximum Gasteiger partial charge on any atom is 0.418 e. The maximum absolute atomic E-state index is 12.8. The zero-order chi connectivity index (χ0) is 13.5. The first-order valence-electron chi connectivity index (χ1n) is 5.30. The van der Waals surface area contributed by atoms with E-state index < -0.39 is 17.3 Å². The molecule has 2 aromatic rings. The van der Waals surface area contributed by atoms with Crippen LogP contribution in [-0.2, 0) is 12.6 Å². The van der Waals surface area contributed by atoms with Gasteiger partial charge in [0.15, 0.2) is 0 Å². The molecule has 0 fully saturated rings. The number of halogens is 3. The Balaban J connectivity index is 2.93. The molecule has 1 aromatic heterocycles. The molecule has 18 heavy (non-hydrogen) atoms. The van der Waals surface area contributed by atoms with Crippen molar-refractivity contribution in [3.05, 3.63) is 39.7 Å². The highest BCUT2D eigenvalue weighted by Crippen LogP contribution is 2.36. The molecule has 0 saturated carbocycles. The number of H-pyrrole nitrogens is 1. The van der Waals surface area contributed by atoms with E-state index in [0.717, 1.165) is 6.07 Å². The number of hydrogen-bond donors (Lipinski definition) is 2. The molecule has 0 amide bonds. The predicted octanol–water partition coefficient (Wildman–Crippen LogP) is 2.81. The fourth-order valence-electron chi connectivity index (χ4n) is 1.91. The molecule has 1 aromatic carbocycles. The van der Waals surface area contributed by atoms with E-state index in [1.54, 1.807) is 6.92 Å². The number of pyridine rings is 1. The van der Waals surface area contributed by atoms with Gasteiger partial charge in [-0.15, -0.1) is 0 Å². The van der Waals surface area contributed by atoms with Crippen molar-refractivity contribution in [3.8, 4) is 5.75 Å². The number of aromatic nitrogens is 1. The van der Waals surface area contributed by atoms with Crippen molar-refractivity contribution in [3.63, 3.8) is 0 Å². The quantitative estimate of drug-likeness (QED) is 0.825. The number of para-hydroxylation sites is 1. The van der Waals surface area contributed by atoms with Crippen LogP contribution in [0.1, 0.15) is 18.1 Å². The SMILES string of the molecule is CCc1c(O)c2cccc(C(F)(F)F)c2[nH]c1=O. The number of rotatable bonds is 1. The van der Waals surface area contributed by atoms with Gasteiger partial charge in [0.1, 0.15) is 5.75 Å². The molecule has 3 nitrogen and oxygen atoms in total. The van der Waals surface area contributed by atoms with Crippen molar-refractivity contribution in [2.75, 3.05) is 0 Å². The van der Waals surface area contributed by atoms with Crippen molar-refractivity contribution in [1.82, 2.24) is 4.98 Å². The Labute approximate surface area is 99.9 Å². The molecule has 96 valence electrons. The molecule has 0 atom stereocenters. The molecule has 0 aliphatic carbocycles. The van der Waals surface area contributed by atoms with Gasteiger partial charge in [0.2, 0.25) is 0 Å². The Bertz CT molecular complexity index is 659. The van der Waals surface area contributed by atoms with E-state index in [2.05, 4.69) is 4.98 Å². The molecular weight excluding hydrogens is 247 g/mol. The van der Waals surface area contributed by atoms with E-state index in [1.165, 1.54) is 12.1 Å². The molecule has 0 radical (unpaired) electrons. The molecule has 0 saturated heterocycles. The third-order valence-corrected chi connectivity index (χ3v) is 2.78. The summed E-state index contributed by atoms with van der Waals surface area (Å²) in [5.74, 6) is -0.387. The van der Waals surface area contributed by atoms with Crippen molar-refractivity contribution in [2.24, 2.45) is 0 Å². The predicted molar refractivity (Wildman–Crippen MR) is 60.6 cm³/mol. The van der Waals surface area contributed by atoms with Gasteiger partial charge in [0.05, 0.1) is 16.6 Å². The minimum Gasteiger partial charge on any atom is -0.507 e. The van der Waals surface area contributed by atoms with Gasteiger partial charge < -0.3 is 10.1 Å². The van der Waals surface area contributed by atoms with E-state index in [1.807, 2.05) is 0 Å². The summed E-state index contributed by atoms with van der Waals surface area (Å²) in [4.78, 5) is 13.8. The molecule has 0 spiro atoms. The summed E-state index contributed by atoms with van der Waals surface area (Å²) in [6.07, 6.45) is -4.34. The monoisotopic (exact) mass is 257 g/mol.